The van der Waals surface area contributed by atoms with E-state index in [1.54, 1.807) is 18.2 Å². The lowest BCUT2D eigenvalue weighted by Gasteiger charge is -2.48. The number of benzene rings is 3. The van der Waals surface area contributed by atoms with Crippen molar-refractivity contribution in [1.29, 1.82) is 0 Å². The van der Waals surface area contributed by atoms with Crippen molar-refractivity contribution < 1.29 is 14.6 Å². The summed E-state index contributed by atoms with van der Waals surface area (Å²) in [5, 5.41) is 9.82. The molecule has 1 atom stereocenters. The van der Waals surface area contributed by atoms with Crippen molar-refractivity contribution in [2.24, 2.45) is 10.8 Å². The Morgan fingerprint density at radius 3 is 2.24 bits per heavy atom. The number of esters is 1. The van der Waals surface area contributed by atoms with Gasteiger partial charge in [0.1, 0.15) is 5.75 Å². The second kappa shape index (κ2) is 9.13. The summed E-state index contributed by atoms with van der Waals surface area (Å²) < 4.78 is 4.96. The lowest BCUT2D eigenvalue weighted by Crippen LogP contribution is -2.36. The van der Waals surface area contributed by atoms with Crippen molar-refractivity contribution in [2.75, 3.05) is 7.11 Å². The molecule has 0 saturated heterocycles. The second-order valence-corrected chi connectivity index (χ2v) is 10.9. The van der Waals surface area contributed by atoms with E-state index in [4.69, 9.17) is 4.74 Å². The van der Waals surface area contributed by atoms with E-state index < -0.39 is 0 Å². The van der Waals surface area contributed by atoms with Crippen molar-refractivity contribution in [3.63, 3.8) is 0 Å². The zero-order chi connectivity index (χ0) is 24.5. The molecule has 4 rings (SSSR count). The Morgan fingerprint density at radius 1 is 0.941 bits per heavy atom. The summed E-state index contributed by atoms with van der Waals surface area (Å²) in [5.41, 5.74) is 6.53. The first-order valence-corrected chi connectivity index (χ1v) is 11.9. The number of phenolic OH excluding ortho intramolecular Hbond substituents is 1. The minimum absolute atomic E-state index is 0.0873. The van der Waals surface area contributed by atoms with Crippen LogP contribution in [0.4, 0.5) is 0 Å². The highest BCUT2D eigenvalue weighted by Crippen LogP contribution is 2.56. The molecule has 0 radical (unpaired) electrons. The number of rotatable bonds is 4. The number of hydrogen-bond acceptors (Lipinski definition) is 3. The zero-order valence-corrected chi connectivity index (χ0v) is 20.8. The number of methoxy groups -OCH3 is 1. The molecule has 3 heteroatoms. The quantitative estimate of drug-likeness (QED) is 0.408. The molecule has 176 valence electrons. The van der Waals surface area contributed by atoms with E-state index >= 15 is 0 Å². The van der Waals surface area contributed by atoms with E-state index in [0.29, 0.717) is 11.3 Å². The van der Waals surface area contributed by atoms with Gasteiger partial charge in [0.05, 0.1) is 12.7 Å². The smallest absolute Gasteiger partial charge is 0.338 e. The van der Waals surface area contributed by atoms with Crippen LogP contribution in [0.3, 0.4) is 0 Å². The molecular weight excluding hydrogens is 420 g/mol. The summed E-state index contributed by atoms with van der Waals surface area (Å²) in [6, 6.07) is 23.6. The van der Waals surface area contributed by atoms with E-state index in [0.717, 1.165) is 29.5 Å². The molecule has 3 aromatic carbocycles. The average Bonchev–Trinajstić information content (AvgIpc) is 2.78. The van der Waals surface area contributed by atoms with Gasteiger partial charge in [0.25, 0.3) is 0 Å². The molecule has 34 heavy (non-hydrogen) atoms. The first-order chi connectivity index (χ1) is 16.1. The number of hydrogen-bond donors (Lipinski definition) is 1. The molecule has 0 amide bonds. The van der Waals surface area contributed by atoms with E-state index in [1.165, 1.54) is 18.2 Å². The highest BCUT2D eigenvalue weighted by atomic mass is 16.5. The highest BCUT2D eigenvalue weighted by molar-refractivity contribution is 5.97. The third kappa shape index (κ3) is 4.94. The summed E-state index contributed by atoms with van der Waals surface area (Å²) in [6.07, 6.45) is 4.48. The summed E-state index contributed by atoms with van der Waals surface area (Å²) in [6.45, 7) is 9.41. The molecule has 1 aliphatic carbocycles. The molecule has 3 nitrogen and oxygen atoms in total. The lowest BCUT2D eigenvalue weighted by atomic mass is 9.56. The molecule has 0 aliphatic heterocycles. The SMILES string of the molecule is COC(=O)c1ccccc1-c1ccc(C=C2CC(C)(C)CC(C)(C)C2c2ccc(O)cc2)cc1. The molecule has 0 spiro atoms. The summed E-state index contributed by atoms with van der Waals surface area (Å²) in [7, 11) is 1.41. The van der Waals surface area contributed by atoms with Crippen molar-refractivity contribution in [2.45, 2.75) is 46.5 Å². The number of carbonyl (C=O) groups is 1. The minimum atomic E-state index is -0.329. The Kier molecular flexibility index (Phi) is 6.40. The van der Waals surface area contributed by atoms with Gasteiger partial charge in [-0.15, -0.1) is 0 Å². The van der Waals surface area contributed by atoms with Crippen LogP contribution in [0, 0.1) is 10.8 Å². The maximum Gasteiger partial charge on any atom is 0.338 e. The van der Waals surface area contributed by atoms with Gasteiger partial charge in [0.15, 0.2) is 0 Å². The minimum Gasteiger partial charge on any atom is -0.508 e. The van der Waals surface area contributed by atoms with E-state index in [2.05, 4.69) is 70.2 Å². The van der Waals surface area contributed by atoms with E-state index in [1.807, 2.05) is 18.2 Å². The van der Waals surface area contributed by atoms with Gasteiger partial charge in [-0.1, -0.05) is 93.9 Å². The van der Waals surface area contributed by atoms with Crippen LogP contribution < -0.4 is 0 Å². The molecular formula is C31H34O3. The molecule has 0 bridgehead atoms. The number of allylic oxidation sites excluding steroid dienone is 1. The fourth-order valence-corrected chi connectivity index (χ4v) is 6.02. The topological polar surface area (TPSA) is 46.5 Å². The van der Waals surface area contributed by atoms with Gasteiger partial charge in [-0.2, -0.15) is 0 Å². The maximum absolute atomic E-state index is 12.2. The Morgan fingerprint density at radius 2 is 1.59 bits per heavy atom. The molecule has 1 N–H and O–H groups in total. The monoisotopic (exact) mass is 454 g/mol. The molecule has 1 fully saturated rings. The van der Waals surface area contributed by atoms with Gasteiger partial charge in [-0.3, -0.25) is 0 Å². The van der Waals surface area contributed by atoms with Gasteiger partial charge >= 0.3 is 5.97 Å². The number of ether oxygens (including phenoxy) is 1. The molecule has 1 aliphatic rings. The van der Waals surface area contributed by atoms with Gasteiger partial charge in [-0.25, -0.2) is 4.79 Å². The average molecular weight is 455 g/mol. The number of carbonyl (C=O) groups excluding carboxylic acids is 1. The third-order valence-corrected chi connectivity index (χ3v) is 6.90. The Bertz CT molecular complexity index is 1200. The van der Waals surface area contributed by atoms with Gasteiger partial charge in [0.2, 0.25) is 0 Å². The fraction of sp³-hybridized carbons (Fsp3) is 0.323. The maximum atomic E-state index is 12.2. The highest BCUT2D eigenvalue weighted by Gasteiger charge is 2.43. The molecule has 0 heterocycles. The fourth-order valence-electron chi connectivity index (χ4n) is 6.02. The van der Waals surface area contributed by atoms with Crippen LogP contribution in [0.25, 0.3) is 17.2 Å². The van der Waals surface area contributed by atoms with Crippen LogP contribution in [0.2, 0.25) is 0 Å². The number of phenols is 1. The Hall–Kier alpha value is -3.33. The van der Waals surface area contributed by atoms with E-state index in [9.17, 15) is 9.90 Å². The van der Waals surface area contributed by atoms with Crippen LogP contribution in [0.15, 0.2) is 78.4 Å². The van der Waals surface area contributed by atoms with Gasteiger partial charge < -0.3 is 9.84 Å². The summed E-state index contributed by atoms with van der Waals surface area (Å²) in [4.78, 5) is 12.2. The summed E-state index contributed by atoms with van der Waals surface area (Å²) in [5.74, 6) is 0.247. The van der Waals surface area contributed by atoms with Crippen LogP contribution in [-0.4, -0.2) is 18.2 Å². The predicted molar refractivity (Wildman–Crippen MR) is 139 cm³/mol. The van der Waals surface area contributed by atoms with Crippen LogP contribution in [0.5, 0.6) is 5.75 Å². The van der Waals surface area contributed by atoms with Crippen LogP contribution >= 0.6 is 0 Å². The van der Waals surface area contributed by atoms with Crippen LogP contribution in [-0.2, 0) is 4.74 Å². The molecule has 1 saturated carbocycles. The van der Waals surface area contributed by atoms with Crippen LogP contribution in [0.1, 0.15) is 67.9 Å². The first kappa shape index (κ1) is 23.8. The molecule has 0 aromatic heterocycles. The molecule has 1 unspecified atom stereocenters. The molecule has 3 aromatic rings. The normalized spacial score (nSPS) is 20.1. The third-order valence-electron chi connectivity index (χ3n) is 6.90. The largest absolute Gasteiger partial charge is 0.508 e. The zero-order valence-electron chi connectivity index (χ0n) is 20.8. The van der Waals surface area contributed by atoms with Gasteiger partial charge in [-0.05, 0) is 64.1 Å². The number of aromatic hydroxyl groups is 1. The Labute approximate surface area is 203 Å². The van der Waals surface area contributed by atoms with Crippen molar-refractivity contribution in [3.05, 3.63) is 95.1 Å². The first-order valence-electron chi connectivity index (χ1n) is 11.9. The van der Waals surface area contributed by atoms with E-state index in [-0.39, 0.29) is 22.7 Å². The Balaban J connectivity index is 1.73. The second-order valence-electron chi connectivity index (χ2n) is 10.9. The predicted octanol–water partition coefficient (Wildman–Crippen LogP) is 7.86. The van der Waals surface area contributed by atoms with Crippen molar-refractivity contribution in [1.82, 2.24) is 0 Å². The van der Waals surface area contributed by atoms with Crippen molar-refractivity contribution >= 4 is 12.0 Å². The lowest BCUT2D eigenvalue weighted by molar-refractivity contribution is 0.0601. The van der Waals surface area contributed by atoms with Gasteiger partial charge in [0, 0.05) is 5.92 Å². The standard InChI is InChI=1S/C31H34O3/c1-30(2)19-24(28(31(3,4)20-30)23-14-16-25(32)17-15-23)18-21-10-12-22(13-11-21)26-8-6-7-9-27(26)29(33)34-5/h6-18,28,32H,19-20H2,1-5H3. The summed E-state index contributed by atoms with van der Waals surface area (Å²) >= 11 is 0. The van der Waals surface area contributed by atoms with Crippen molar-refractivity contribution in [3.8, 4) is 16.9 Å².